The Hall–Kier alpha value is -0.480. The topological polar surface area (TPSA) is 37.8 Å². The van der Waals surface area contributed by atoms with Crippen molar-refractivity contribution in [3.8, 4) is 0 Å². The molecule has 0 aromatic carbocycles. The van der Waals surface area contributed by atoms with Crippen LogP contribution in [0.3, 0.4) is 0 Å². The zero-order valence-electron chi connectivity index (χ0n) is 10.9. The maximum absolute atomic E-state index is 4.43. The fourth-order valence-corrected chi connectivity index (χ4v) is 3.50. The van der Waals surface area contributed by atoms with E-state index in [2.05, 4.69) is 27.9 Å². The zero-order chi connectivity index (χ0) is 12.1. The van der Waals surface area contributed by atoms with Crippen LogP contribution >= 0.6 is 11.7 Å². The first-order chi connectivity index (χ1) is 8.35. The molecule has 1 aromatic heterocycles. The van der Waals surface area contributed by atoms with Crippen molar-refractivity contribution in [1.82, 2.24) is 14.1 Å². The number of rotatable bonds is 5. The molecule has 0 spiro atoms. The second kappa shape index (κ2) is 6.45. The molecule has 1 N–H and O–H groups in total. The molecule has 3 atom stereocenters. The number of hydrogen-bond acceptors (Lipinski definition) is 4. The third-order valence-electron chi connectivity index (χ3n) is 3.99. The fraction of sp³-hybridized carbons (Fsp3) is 0.846. The summed E-state index contributed by atoms with van der Waals surface area (Å²) in [6.45, 7) is 5.50. The molecule has 1 heterocycles. The minimum atomic E-state index is 0.424. The Balaban J connectivity index is 2.05. The van der Waals surface area contributed by atoms with Crippen molar-refractivity contribution in [2.45, 2.75) is 52.0 Å². The summed E-state index contributed by atoms with van der Waals surface area (Å²) in [6, 6.07) is 0.424. The summed E-state index contributed by atoms with van der Waals surface area (Å²) >= 11 is 1.32. The molecule has 2 rings (SSSR count). The first-order valence-electron chi connectivity index (χ1n) is 6.86. The summed E-state index contributed by atoms with van der Waals surface area (Å²) in [5, 5.41) is 3.60. The highest BCUT2D eigenvalue weighted by molar-refractivity contribution is 6.99. The number of aromatic nitrogens is 2. The van der Waals surface area contributed by atoms with Gasteiger partial charge in [0.2, 0.25) is 0 Å². The molecule has 0 saturated heterocycles. The van der Waals surface area contributed by atoms with Crippen LogP contribution in [0.1, 0.15) is 57.7 Å². The molecule has 1 aliphatic rings. The molecular weight excluding hydrogens is 230 g/mol. The van der Waals surface area contributed by atoms with Crippen LogP contribution in [0, 0.1) is 11.8 Å². The van der Waals surface area contributed by atoms with Crippen molar-refractivity contribution in [2.24, 2.45) is 11.8 Å². The van der Waals surface area contributed by atoms with Crippen molar-refractivity contribution < 1.29 is 0 Å². The molecule has 0 amide bonds. The van der Waals surface area contributed by atoms with Crippen LogP contribution in [-0.2, 0) is 0 Å². The first kappa shape index (κ1) is 13.0. The minimum absolute atomic E-state index is 0.424. The molecule has 4 heteroatoms. The van der Waals surface area contributed by atoms with E-state index in [9.17, 15) is 0 Å². The molecule has 1 aliphatic carbocycles. The van der Waals surface area contributed by atoms with E-state index >= 15 is 0 Å². The predicted molar refractivity (Wildman–Crippen MR) is 72.1 cm³/mol. The summed E-state index contributed by atoms with van der Waals surface area (Å²) in [7, 11) is 0. The lowest BCUT2D eigenvalue weighted by atomic mass is 9.76. The van der Waals surface area contributed by atoms with Crippen LogP contribution in [0.25, 0.3) is 0 Å². The standard InChI is InChI=1S/C13H23N3S/c1-3-10-6-5-7-11(8-10)13(14-4-2)12-9-15-17-16-12/h9-11,13-14H,3-8H2,1-2H3. The monoisotopic (exact) mass is 253 g/mol. The molecule has 1 saturated carbocycles. The summed E-state index contributed by atoms with van der Waals surface area (Å²) in [4.78, 5) is 0. The SMILES string of the molecule is CCNC(c1cnsn1)C1CCCC(CC)C1. The van der Waals surface area contributed by atoms with Gasteiger partial charge in [-0.1, -0.05) is 33.1 Å². The molecule has 0 radical (unpaired) electrons. The number of nitrogens with one attached hydrogen (secondary N) is 1. The van der Waals surface area contributed by atoms with E-state index in [1.165, 1.54) is 43.8 Å². The smallest absolute Gasteiger partial charge is 0.0915 e. The van der Waals surface area contributed by atoms with Gasteiger partial charge in [0.1, 0.15) is 0 Å². The van der Waals surface area contributed by atoms with E-state index in [4.69, 9.17) is 0 Å². The van der Waals surface area contributed by atoms with Crippen molar-refractivity contribution in [3.63, 3.8) is 0 Å². The number of hydrogen-bond donors (Lipinski definition) is 1. The molecule has 1 fully saturated rings. The molecule has 3 nitrogen and oxygen atoms in total. The molecule has 96 valence electrons. The lowest BCUT2D eigenvalue weighted by molar-refractivity contribution is 0.209. The largest absolute Gasteiger partial charge is 0.309 e. The van der Waals surface area contributed by atoms with Crippen LogP contribution in [0.15, 0.2) is 6.20 Å². The summed E-state index contributed by atoms with van der Waals surface area (Å²) in [6.07, 6.45) is 8.75. The average Bonchev–Trinajstić information content (AvgIpc) is 2.89. The third-order valence-corrected chi connectivity index (χ3v) is 4.49. The van der Waals surface area contributed by atoms with Crippen LogP contribution in [-0.4, -0.2) is 15.3 Å². The normalized spacial score (nSPS) is 26.9. The average molecular weight is 253 g/mol. The summed E-state index contributed by atoms with van der Waals surface area (Å²) in [5.74, 6) is 1.67. The van der Waals surface area contributed by atoms with Gasteiger partial charge >= 0.3 is 0 Å². The Morgan fingerprint density at radius 3 is 3.00 bits per heavy atom. The van der Waals surface area contributed by atoms with Crippen LogP contribution in [0.5, 0.6) is 0 Å². The van der Waals surface area contributed by atoms with Crippen molar-refractivity contribution in [3.05, 3.63) is 11.9 Å². The van der Waals surface area contributed by atoms with E-state index < -0.39 is 0 Å². The van der Waals surface area contributed by atoms with Gasteiger partial charge in [0.05, 0.1) is 29.7 Å². The van der Waals surface area contributed by atoms with Gasteiger partial charge < -0.3 is 5.32 Å². The number of nitrogens with zero attached hydrogens (tertiary/aromatic N) is 2. The third kappa shape index (κ3) is 3.26. The first-order valence-corrected chi connectivity index (χ1v) is 7.59. The van der Waals surface area contributed by atoms with Crippen LogP contribution < -0.4 is 5.32 Å². The summed E-state index contributed by atoms with van der Waals surface area (Å²) < 4.78 is 8.58. The van der Waals surface area contributed by atoms with E-state index in [0.29, 0.717) is 6.04 Å². The van der Waals surface area contributed by atoms with Gasteiger partial charge in [-0.25, -0.2) is 0 Å². The predicted octanol–water partition coefficient (Wildman–Crippen LogP) is 3.41. The molecular formula is C13H23N3S. The maximum atomic E-state index is 4.43. The fourth-order valence-electron chi connectivity index (χ4n) is 3.05. The lowest BCUT2D eigenvalue weighted by Crippen LogP contribution is -2.31. The second-order valence-electron chi connectivity index (χ2n) is 5.07. The van der Waals surface area contributed by atoms with Gasteiger partial charge in [-0.2, -0.15) is 8.75 Å². The Labute approximate surface area is 108 Å². The zero-order valence-corrected chi connectivity index (χ0v) is 11.7. The quantitative estimate of drug-likeness (QED) is 0.874. The van der Waals surface area contributed by atoms with Gasteiger partial charge in [-0.15, -0.1) is 0 Å². The van der Waals surface area contributed by atoms with Crippen LogP contribution in [0.4, 0.5) is 0 Å². The lowest BCUT2D eigenvalue weighted by Gasteiger charge is -2.33. The molecule has 1 aromatic rings. The van der Waals surface area contributed by atoms with Crippen LogP contribution in [0.2, 0.25) is 0 Å². The second-order valence-corrected chi connectivity index (χ2v) is 5.63. The van der Waals surface area contributed by atoms with E-state index in [1.807, 2.05) is 6.20 Å². The van der Waals surface area contributed by atoms with Gasteiger partial charge in [-0.05, 0) is 31.2 Å². The highest BCUT2D eigenvalue weighted by Gasteiger charge is 2.29. The highest BCUT2D eigenvalue weighted by atomic mass is 32.1. The molecule has 17 heavy (non-hydrogen) atoms. The molecule has 0 bridgehead atoms. The van der Waals surface area contributed by atoms with E-state index in [-0.39, 0.29) is 0 Å². The Bertz CT molecular complexity index is 312. The van der Waals surface area contributed by atoms with E-state index in [0.717, 1.165) is 24.1 Å². The Morgan fingerprint density at radius 2 is 2.35 bits per heavy atom. The summed E-state index contributed by atoms with van der Waals surface area (Å²) in [5.41, 5.74) is 1.15. The van der Waals surface area contributed by atoms with Gasteiger partial charge in [-0.3, -0.25) is 0 Å². The van der Waals surface area contributed by atoms with Crippen molar-refractivity contribution in [1.29, 1.82) is 0 Å². The molecule has 3 unspecified atom stereocenters. The van der Waals surface area contributed by atoms with Gasteiger partial charge in [0.25, 0.3) is 0 Å². The Kier molecular flexibility index (Phi) is 4.92. The maximum Gasteiger partial charge on any atom is 0.0915 e. The molecule has 0 aliphatic heterocycles. The van der Waals surface area contributed by atoms with Gasteiger partial charge in [0, 0.05) is 0 Å². The van der Waals surface area contributed by atoms with Gasteiger partial charge in [0.15, 0.2) is 0 Å². The minimum Gasteiger partial charge on any atom is -0.309 e. The Morgan fingerprint density at radius 1 is 1.47 bits per heavy atom. The highest BCUT2D eigenvalue weighted by Crippen LogP contribution is 2.37. The van der Waals surface area contributed by atoms with E-state index in [1.54, 1.807) is 0 Å². The van der Waals surface area contributed by atoms with Crippen molar-refractivity contribution in [2.75, 3.05) is 6.54 Å². The van der Waals surface area contributed by atoms with Crippen molar-refractivity contribution >= 4 is 11.7 Å².